The van der Waals surface area contributed by atoms with Crippen LogP contribution in [-0.2, 0) is 4.79 Å². The summed E-state index contributed by atoms with van der Waals surface area (Å²) in [4.78, 5) is 17.5. The first-order valence-corrected chi connectivity index (χ1v) is 6.54. The van der Waals surface area contributed by atoms with E-state index in [1.807, 2.05) is 34.6 Å². The minimum atomic E-state index is -0.526. The molecule has 96 valence electrons. The highest BCUT2D eigenvalue weighted by atomic mass is 32.1. The van der Waals surface area contributed by atoms with E-state index < -0.39 is 5.41 Å². The first kappa shape index (κ1) is 14.1. The maximum Gasteiger partial charge on any atom is 0.227 e. The van der Waals surface area contributed by atoms with Gasteiger partial charge in [-0.15, -0.1) is 11.3 Å². The Balaban J connectivity index is 2.77. The van der Waals surface area contributed by atoms with Gasteiger partial charge in [-0.25, -0.2) is 4.98 Å². The summed E-state index contributed by atoms with van der Waals surface area (Å²) in [6.45, 7) is 9.95. The van der Waals surface area contributed by atoms with E-state index in [0.717, 1.165) is 15.6 Å². The maximum atomic E-state index is 12.0. The second kappa shape index (κ2) is 5.14. The predicted molar refractivity (Wildman–Crippen MR) is 71.0 cm³/mol. The number of amides is 1. The Labute approximate surface area is 107 Å². The lowest BCUT2D eigenvalue weighted by Crippen LogP contribution is -2.42. The molecule has 5 heteroatoms. The molecule has 4 nitrogen and oxygen atoms in total. The molecule has 0 saturated carbocycles. The molecule has 0 fully saturated rings. The Kier molecular flexibility index (Phi) is 4.27. The Morgan fingerprint density at radius 1 is 1.53 bits per heavy atom. The van der Waals surface area contributed by atoms with Gasteiger partial charge in [-0.1, -0.05) is 0 Å². The fourth-order valence-electron chi connectivity index (χ4n) is 1.50. The molecule has 1 atom stereocenters. The molecule has 0 bridgehead atoms. The highest BCUT2D eigenvalue weighted by Gasteiger charge is 2.27. The molecule has 1 heterocycles. The van der Waals surface area contributed by atoms with E-state index in [9.17, 15) is 4.79 Å². The first-order valence-electron chi connectivity index (χ1n) is 5.73. The summed E-state index contributed by atoms with van der Waals surface area (Å²) in [6, 6.07) is -0.0143. The lowest BCUT2D eigenvalue weighted by molar-refractivity contribution is -0.129. The van der Waals surface area contributed by atoms with Gasteiger partial charge in [-0.05, 0) is 34.6 Å². The Morgan fingerprint density at radius 2 is 2.12 bits per heavy atom. The van der Waals surface area contributed by atoms with Crippen LogP contribution in [0.5, 0.6) is 0 Å². The van der Waals surface area contributed by atoms with E-state index >= 15 is 0 Å². The number of hydrogen-bond donors (Lipinski definition) is 2. The standard InChI is InChI=1S/C12H21N3OS/c1-7-10(17-9(3)14-7)8(2)15-11(16)12(4,5)6-13/h8H,6,13H2,1-5H3,(H,15,16). The summed E-state index contributed by atoms with van der Waals surface area (Å²) in [7, 11) is 0. The quantitative estimate of drug-likeness (QED) is 0.863. The van der Waals surface area contributed by atoms with E-state index in [4.69, 9.17) is 5.73 Å². The van der Waals surface area contributed by atoms with Gasteiger partial charge in [0, 0.05) is 11.4 Å². The predicted octanol–water partition coefficient (Wildman–Crippen LogP) is 1.92. The van der Waals surface area contributed by atoms with Crippen LogP contribution in [0.4, 0.5) is 0 Å². The van der Waals surface area contributed by atoms with Crippen LogP contribution >= 0.6 is 11.3 Å². The second-order valence-electron chi connectivity index (χ2n) is 4.97. The summed E-state index contributed by atoms with van der Waals surface area (Å²) in [5.41, 5.74) is 6.05. The van der Waals surface area contributed by atoms with Crippen LogP contribution in [0.3, 0.4) is 0 Å². The molecule has 1 aromatic heterocycles. The van der Waals surface area contributed by atoms with Crippen LogP contribution in [-0.4, -0.2) is 17.4 Å². The van der Waals surface area contributed by atoms with Gasteiger partial charge in [0.25, 0.3) is 0 Å². The van der Waals surface area contributed by atoms with E-state index in [1.165, 1.54) is 0 Å². The minimum absolute atomic E-state index is 0.0143. The number of nitrogens with zero attached hydrogens (tertiary/aromatic N) is 1. The third kappa shape index (κ3) is 3.26. The zero-order valence-corrected chi connectivity index (χ0v) is 11.9. The van der Waals surface area contributed by atoms with Crippen molar-refractivity contribution in [3.8, 4) is 0 Å². The topological polar surface area (TPSA) is 68.0 Å². The molecule has 1 amide bonds. The number of carbonyl (C=O) groups is 1. The molecule has 1 unspecified atom stereocenters. The highest BCUT2D eigenvalue weighted by molar-refractivity contribution is 7.11. The molecule has 0 aliphatic rings. The van der Waals surface area contributed by atoms with Gasteiger partial charge >= 0.3 is 0 Å². The van der Waals surface area contributed by atoms with E-state index in [2.05, 4.69) is 10.3 Å². The third-order valence-corrected chi connectivity index (χ3v) is 4.06. The maximum absolute atomic E-state index is 12.0. The average molecular weight is 255 g/mol. The molecule has 0 aromatic carbocycles. The molecule has 0 radical (unpaired) electrons. The molecule has 3 N–H and O–H groups in total. The van der Waals surface area contributed by atoms with Crippen molar-refractivity contribution in [3.05, 3.63) is 15.6 Å². The zero-order valence-electron chi connectivity index (χ0n) is 11.1. The van der Waals surface area contributed by atoms with Gasteiger partial charge in [0.15, 0.2) is 0 Å². The van der Waals surface area contributed by atoms with Crippen LogP contribution in [0.1, 0.15) is 42.4 Å². The highest BCUT2D eigenvalue weighted by Crippen LogP contribution is 2.25. The summed E-state index contributed by atoms with van der Waals surface area (Å²) in [5, 5.41) is 4.02. The monoisotopic (exact) mass is 255 g/mol. The molecule has 0 saturated heterocycles. The van der Waals surface area contributed by atoms with Crippen molar-refractivity contribution in [2.24, 2.45) is 11.1 Å². The number of nitrogens with one attached hydrogen (secondary N) is 1. The number of thiazole rings is 1. The van der Waals surface area contributed by atoms with Gasteiger partial charge in [-0.2, -0.15) is 0 Å². The molecule has 0 aliphatic carbocycles. The van der Waals surface area contributed by atoms with Crippen molar-refractivity contribution in [3.63, 3.8) is 0 Å². The van der Waals surface area contributed by atoms with Crippen molar-refractivity contribution in [2.45, 2.75) is 40.7 Å². The summed E-state index contributed by atoms with van der Waals surface area (Å²) >= 11 is 1.63. The van der Waals surface area contributed by atoms with Gasteiger partial charge in [0.2, 0.25) is 5.91 Å². The van der Waals surface area contributed by atoms with Crippen molar-refractivity contribution in [2.75, 3.05) is 6.54 Å². The van der Waals surface area contributed by atoms with Crippen molar-refractivity contribution in [1.29, 1.82) is 0 Å². The van der Waals surface area contributed by atoms with E-state index in [0.29, 0.717) is 6.54 Å². The Hall–Kier alpha value is -0.940. The lowest BCUT2D eigenvalue weighted by atomic mass is 9.92. The molecule has 1 aromatic rings. The second-order valence-corrected chi connectivity index (χ2v) is 6.20. The number of aryl methyl sites for hydroxylation is 2. The van der Waals surface area contributed by atoms with Gasteiger partial charge in [0.1, 0.15) is 0 Å². The fourth-order valence-corrected chi connectivity index (χ4v) is 2.43. The van der Waals surface area contributed by atoms with Crippen molar-refractivity contribution >= 4 is 17.2 Å². The van der Waals surface area contributed by atoms with Crippen LogP contribution in [0.2, 0.25) is 0 Å². The molecule has 0 aliphatic heterocycles. The number of carbonyl (C=O) groups excluding carboxylic acids is 1. The molecular formula is C12H21N3OS. The fraction of sp³-hybridized carbons (Fsp3) is 0.667. The summed E-state index contributed by atoms with van der Waals surface area (Å²) in [6.07, 6.45) is 0. The zero-order chi connectivity index (χ0) is 13.2. The minimum Gasteiger partial charge on any atom is -0.348 e. The van der Waals surface area contributed by atoms with Crippen molar-refractivity contribution < 1.29 is 4.79 Å². The number of rotatable bonds is 4. The van der Waals surface area contributed by atoms with Gasteiger partial charge in [-0.3, -0.25) is 4.79 Å². The smallest absolute Gasteiger partial charge is 0.227 e. The van der Waals surface area contributed by atoms with Crippen LogP contribution in [0.25, 0.3) is 0 Å². The summed E-state index contributed by atoms with van der Waals surface area (Å²) in [5.74, 6) is -0.0158. The molecule has 0 spiro atoms. The van der Waals surface area contributed by atoms with E-state index in [-0.39, 0.29) is 11.9 Å². The van der Waals surface area contributed by atoms with Crippen LogP contribution < -0.4 is 11.1 Å². The Bertz CT molecular complexity index is 412. The molecule has 1 rings (SSSR count). The van der Waals surface area contributed by atoms with Crippen molar-refractivity contribution in [1.82, 2.24) is 10.3 Å². The van der Waals surface area contributed by atoms with Crippen LogP contribution in [0, 0.1) is 19.3 Å². The van der Waals surface area contributed by atoms with E-state index in [1.54, 1.807) is 11.3 Å². The number of hydrogen-bond acceptors (Lipinski definition) is 4. The summed E-state index contributed by atoms with van der Waals surface area (Å²) < 4.78 is 0. The van der Waals surface area contributed by atoms with Gasteiger partial charge in [0.05, 0.1) is 22.2 Å². The SMILES string of the molecule is Cc1nc(C)c(C(C)NC(=O)C(C)(C)CN)s1. The number of aromatic nitrogens is 1. The van der Waals surface area contributed by atoms with Gasteiger partial charge < -0.3 is 11.1 Å². The molecular weight excluding hydrogens is 234 g/mol. The Morgan fingerprint density at radius 3 is 2.53 bits per heavy atom. The molecule has 17 heavy (non-hydrogen) atoms. The first-order chi connectivity index (χ1) is 7.77. The average Bonchev–Trinajstić information content (AvgIpc) is 2.57. The third-order valence-electron chi connectivity index (χ3n) is 2.81. The largest absolute Gasteiger partial charge is 0.348 e. The lowest BCUT2D eigenvalue weighted by Gasteiger charge is -2.24. The normalized spacial score (nSPS) is 13.5. The number of nitrogens with two attached hydrogens (primary N) is 1. The van der Waals surface area contributed by atoms with Crippen LogP contribution in [0.15, 0.2) is 0 Å².